The van der Waals surface area contributed by atoms with Crippen LogP contribution in [0.25, 0.3) is 0 Å². The predicted octanol–water partition coefficient (Wildman–Crippen LogP) is 5.19. The molecule has 7 heteroatoms. The summed E-state index contributed by atoms with van der Waals surface area (Å²) in [6, 6.07) is 10.8. The Balaban J connectivity index is 1.98. The summed E-state index contributed by atoms with van der Waals surface area (Å²) in [5.41, 5.74) is -1.59. The molecule has 0 radical (unpaired) electrons. The maximum absolute atomic E-state index is 13.4. The van der Waals surface area contributed by atoms with E-state index in [1.807, 2.05) is 44.2 Å². The van der Waals surface area contributed by atoms with Gasteiger partial charge in [0, 0.05) is 5.54 Å². The van der Waals surface area contributed by atoms with Crippen molar-refractivity contribution in [2.24, 2.45) is 0 Å². The highest BCUT2D eigenvalue weighted by Crippen LogP contribution is 2.36. The number of amides is 1. The normalized spacial score (nSPS) is 16.6. The molecule has 1 saturated heterocycles. The second kappa shape index (κ2) is 8.14. The molecule has 0 aliphatic carbocycles. The molecule has 1 amide bonds. The van der Waals surface area contributed by atoms with Crippen molar-refractivity contribution in [2.45, 2.75) is 44.4 Å². The molecular weight excluding hydrogens is 384 g/mol. The van der Waals surface area contributed by atoms with Gasteiger partial charge in [0.2, 0.25) is 0 Å². The molecule has 156 valence electrons. The van der Waals surface area contributed by atoms with Crippen LogP contribution in [0.3, 0.4) is 0 Å². The molecule has 2 aromatic rings. The van der Waals surface area contributed by atoms with Gasteiger partial charge in [-0.1, -0.05) is 30.3 Å². The zero-order valence-corrected chi connectivity index (χ0v) is 16.4. The predicted molar refractivity (Wildman–Crippen MR) is 103 cm³/mol. The summed E-state index contributed by atoms with van der Waals surface area (Å²) in [5.74, 6) is -1.91. The first kappa shape index (κ1) is 21.3. The first-order chi connectivity index (χ1) is 13.6. The molecule has 0 aromatic heterocycles. The van der Waals surface area contributed by atoms with Crippen LogP contribution in [0.15, 0.2) is 48.5 Å². The molecule has 1 N–H and O–H groups in total. The number of alkyl halides is 3. The molecule has 3 nitrogen and oxygen atoms in total. The van der Waals surface area contributed by atoms with Gasteiger partial charge in [0.05, 0.1) is 17.2 Å². The standard InChI is InChI=1S/C22H24F4N2O/c1-21(2,28-12-6-7-13-28)19(15-8-4-3-5-9-15)27-20(29)17-11-10-16(23)14-18(17)22(24,25)26/h3-5,8-11,14,19H,6-7,12-13H2,1-2H3,(H,27,29). The lowest BCUT2D eigenvalue weighted by atomic mass is 9.86. The van der Waals surface area contributed by atoms with Crippen LogP contribution < -0.4 is 5.32 Å². The third-order valence-corrected chi connectivity index (χ3v) is 5.57. The molecule has 29 heavy (non-hydrogen) atoms. The Hall–Kier alpha value is -2.41. The fourth-order valence-corrected chi connectivity index (χ4v) is 3.95. The Morgan fingerprint density at radius 1 is 1.03 bits per heavy atom. The highest BCUT2D eigenvalue weighted by atomic mass is 19.4. The summed E-state index contributed by atoms with van der Waals surface area (Å²) in [5, 5.41) is 2.80. The van der Waals surface area contributed by atoms with Gasteiger partial charge in [-0.25, -0.2) is 4.39 Å². The molecule has 1 aliphatic heterocycles. The van der Waals surface area contributed by atoms with Crippen molar-refractivity contribution in [3.05, 3.63) is 71.0 Å². The van der Waals surface area contributed by atoms with Gasteiger partial charge in [0.1, 0.15) is 5.82 Å². The van der Waals surface area contributed by atoms with Crippen molar-refractivity contribution < 1.29 is 22.4 Å². The number of hydrogen-bond acceptors (Lipinski definition) is 2. The highest BCUT2D eigenvalue weighted by molar-refractivity contribution is 5.96. The van der Waals surface area contributed by atoms with Gasteiger partial charge >= 0.3 is 6.18 Å². The summed E-state index contributed by atoms with van der Waals surface area (Å²) < 4.78 is 53.5. The number of nitrogens with zero attached hydrogens (tertiary/aromatic N) is 1. The Morgan fingerprint density at radius 2 is 1.66 bits per heavy atom. The van der Waals surface area contributed by atoms with Crippen molar-refractivity contribution in [1.29, 1.82) is 0 Å². The molecule has 0 spiro atoms. The third kappa shape index (κ3) is 4.61. The quantitative estimate of drug-likeness (QED) is 0.691. The summed E-state index contributed by atoms with van der Waals surface area (Å²) >= 11 is 0. The summed E-state index contributed by atoms with van der Waals surface area (Å²) in [4.78, 5) is 15.2. The van der Waals surface area contributed by atoms with E-state index in [-0.39, 0.29) is 0 Å². The second-order valence-electron chi connectivity index (χ2n) is 7.85. The van der Waals surface area contributed by atoms with Crippen molar-refractivity contribution in [2.75, 3.05) is 13.1 Å². The third-order valence-electron chi connectivity index (χ3n) is 5.57. The van der Waals surface area contributed by atoms with E-state index >= 15 is 0 Å². The van der Waals surface area contributed by atoms with Gasteiger partial charge < -0.3 is 5.32 Å². The molecule has 1 heterocycles. The molecule has 0 saturated carbocycles. The fourth-order valence-electron chi connectivity index (χ4n) is 3.95. The van der Waals surface area contributed by atoms with E-state index < -0.39 is 40.6 Å². The van der Waals surface area contributed by atoms with Crippen LogP contribution >= 0.6 is 0 Å². The van der Waals surface area contributed by atoms with Crippen LogP contribution in [0.5, 0.6) is 0 Å². The Kier molecular flexibility index (Phi) is 5.98. The van der Waals surface area contributed by atoms with E-state index in [2.05, 4.69) is 10.2 Å². The molecular formula is C22H24F4N2O. The second-order valence-corrected chi connectivity index (χ2v) is 7.85. The molecule has 0 bridgehead atoms. The molecule has 1 fully saturated rings. The maximum Gasteiger partial charge on any atom is 0.417 e. The van der Waals surface area contributed by atoms with Gasteiger partial charge in [0.25, 0.3) is 5.91 Å². The van der Waals surface area contributed by atoms with Gasteiger partial charge in [0.15, 0.2) is 0 Å². The topological polar surface area (TPSA) is 32.3 Å². The van der Waals surface area contributed by atoms with Gasteiger partial charge in [-0.05, 0) is 63.5 Å². The Labute approximate surface area is 167 Å². The van der Waals surface area contributed by atoms with Crippen LogP contribution in [0.2, 0.25) is 0 Å². The van der Waals surface area contributed by atoms with Gasteiger partial charge in [-0.3, -0.25) is 9.69 Å². The zero-order chi connectivity index (χ0) is 21.2. The van der Waals surface area contributed by atoms with E-state index in [1.165, 1.54) is 0 Å². The lowest BCUT2D eigenvalue weighted by Gasteiger charge is -2.42. The van der Waals surface area contributed by atoms with Crippen LogP contribution in [-0.4, -0.2) is 29.4 Å². The number of hydrogen-bond donors (Lipinski definition) is 1. The summed E-state index contributed by atoms with van der Waals surface area (Å²) in [7, 11) is 0. The lowest BCUT2D eigenvalue weighted by Crippen LogP contribution is -2.52. The minimum Gasteiger partial charge on any atom is -0.343 e. The van der Waals surface area contributed by atoms with Crippen LogP contribution in [0.4, 0.5) is 17.6 Å². The minimum atomic E-state index is -4.83. The van der Waals surface area contributed by atoms with E-state index in [9.17, 15) is 22.4 Å². The maximum atomic E-state index is 13.4. The Bertz CT molecular complexity index is 859. The SMILES string of the molecule is CC(C)(C(NC(=O)c1ccc(F)cc1C(F)(F)F)c1ccccc1)N1CCCC1. The lowest BCUT2D eigenvalue weighted by molar-refractivity contribution is -0.138. The fraction of sp³-hybridized carbons (Fsp3) is 0.409. The number of carbonyl (C=O) groups is 1. The average molecular weight is 408 g/mol. The first-order valence-electron chi connectivity index (χ1n) is 9.58. The van der Waals surface area contributed by atoms with E-state index in [1.54, 1.807) is 0 Å². The number of nitrogens with one attached hydrogen (secondary N) is 1. The zero-order valence-electron chi connectivity index (χ0n) is 16.4. The average Bonchev–Trinajstić information content (AvgIpc) is 3.21. The van der Waals surface area contributed by atoms with Crippen molar-refractivity contribution in [3.63, 3.8) is 0 Å². The molecule has 1 atom stereocenters. The minimum absolute atomic E-state index is 0.359. The number of benzene rings is 2. The van der Waals surface area contributed by atoms with E-state index in [4.69, 9.17) is 0 Å². The van der Waals surface area contributed by atoms with Crippen LogP contribution in [0.1, 0.15) is 54.2 Å². The van der Waals surface area contributed by atoms with E-state index in [0.29, 0.717) is 6.07 Å². The highest BCUT2D eigenvalue weighted by Gasteiger charge is 2.40. The molecule has 1 unspecified atom stereocenters. The number of rotatable bonds is 5. The first-order valence-corrected chi connectivity index (χ1v) is 9.58. The van der Waals surface area contributed by atoms with Crippen LogP contribution in [-0.2, 0) is 6.18 Å². The van der Waals surface area contributed by atoms with Crippen molar-refractivity contribution in [3.8, 4) is 0 Å². The molecule has 3 rings (SSSR count). The number of carbonyl (C=O) groups excluding carboxylic acids is 1. The smallest absolute Gasteiger partial charge is 0.343 e. The summed E-state index contributed by atoms with van der Waals surface area (Å²) in [6.45, 7) is 5.67. The summed E-state index contributed by atoms with van der Waals surface area (Å²) in [6.07, 6.45) is -2.76. The number of halogens is 4. The molecule has 2 aromatic carbocycles. The van der Waals surface area contributed by atoms with Crippen LogP contribution in [0, 0.1) is 5.82 Å². The van der Waals surface area contributed by atoms with E-state index in [0.717, 1.165) is 43.6 Å². The van der Waals surface area contributed by atoms with Crippen molar-refractivity contribution in [1.82, 2.24) is 10.2 Å². The monoisotopic (exact) mass is 408 g/mol. The van der Waals surface area contributed by atoms with Crippen molar-refractivity contribution >= 4 is 5.91 Å². The van der Waals surface area contributed by atoms with Gasteiger partial charge in [-0.2, -0.15) is 13.2 Å². The molecule has 1 aliphatic rings. The number of likely N-dealkylation sites (tertiary alicyclic amines) is 1. The Morgan fingerprint density at radius 3 is 2.24 bits per heavy atom. The largest absolute Gasteiger partial charge is 0.417 e. The van der Waals surface area contributed by atoms with Gasteiger partial charge in [-0.15, -0.1) is 0 Å².